The van der Waals surface area contributed by atoms with Gasteiger partial charge in [0.2, 0.25) is 0 Å². The Morgan fingerprint density at radius 1 is 0.310 bits per heavy atom. The first-order valence-corrected chi connectivity index (χ1v) is 42.7. The molecule has 0 spiro atoms. The second kappa shape index (κ2) is 78.8. The molecule has 9 nitrogen and oxygen atoms in total. The predicted molar refractivity (Wildman–Crippen MR) is 434 cm³/mol. The molecular weight excluding hydrogens is 1250 g/mol. The molecule has 0 rings (SSSR count). The van der Waals surface area contributed by atoms with E-state index in [1.807, 2.05) is 21.1 Å². The molecular formula is C90H154NO8P. The molecule has 0 aromatic heterocycles. The number of carbonyl (C=O) groups excluding carboxylic acids is 2. The molecule has 0 saturated heterocycles. The minimum absolute atomic E-state index is 0.0350. The summed E-state index contributed by atoms with van der Waals surface area (Å²) in [4.78, 5) is 38.2. The van der Waals surface area contributed by atoms with Crippen molar-refractivity contribution < 1.29 is 42.1 Å². The molecule has 2 unspecified atom stereocenters. The monoisotopic (exact) mass is 1410 g/mol. The Hall–Kier alpha value is -4.37. The molecule has 0 aromatic carbocycles. The lowest BCUT2D eigenvalue weighted by Crippen LogP contribution is -2.37. The molecule has 0 aliphatic rings. The van der Waals surface area contributed by atoms with Gasteiger partial charge in [0.1, 0.15) is 19.8 Å². The number of allylic oxidation sites excluding steroid dienone is 26. The Morgan fingerprint density at radius 3 is 0.800 bits per heavy atom. The lowest BCUT2D eigenvalue weighted by molar-refractivity contribution is -0.870. The summed E-state index contributed by atoms with van der Waals surface area (Å²) in [5.41, 5.74) is 0. The van der Waals surface area contributed by atoms with Gasteiger partial charge in [-0.05, 0) is 122 Å². The Morgan fingerprint density at radius 2 is 0.540 bits per heavy atom. The van der Waals surface area contributed by atoms with E-state index in [-0.39, 0.29) is 32.0 Å². The normalized spacial score (nSPS) is 13.9. The lowest BCUT2D eigenvalue weighted by atomic mass is 10.0. The van der Waals surface area contributed by atoms with E-state index in [1.165, 1.54) is 193 Å². The SMILES string of the molecule is CC/C=C\C/C=C\C/C=C\C/C=C\C/C=C\C/C=C\C/C=C\CCCCCCCCCCCCCCCC(=O)OC(COC(=O)CCCCCCCCCCCCCCCCCCCCCCCC/C=C\C/C=C\C/C=C\C/C=C\C/C=C\C/C=C\CC)COP(=O)([O-])OCC[N+](C)(C)C. The van der Waals surface area contributed by atoms with Crippen LogP contribution < -0.4 is 4.89 Å². The standard InChI is InChI=1S/C90H154NO8P/c1-6-8-10-12-14-16-18-20-22-24-26-28-30-32-34-36-38-40-42-43-44-45-46-47-49-50-52-54-56-58-60-62-64-66-68-70-72-74-76-78-80-82-89(92)96-86-88(87-98-100(94,95)97-85-84-91(3,4)5)99-90(93)83-81-79-77-75-73-71-69-67-65-63-61-59-57-55-53-51-48-41-39-37-35-33-31-29-27-25-23-21-19-17-15-13-11-9-7-2/h8-11,14-17,20-23,26-29,32-35,38-41,51,53,88H,6-7,12-13,18-19,24-25,30-31,36-37,42-50,52,54-87H2,1-5H3/b10-8-,11-9-,16-14-,17-15-,22-20-,23-21-,28-26-,29-27-,34-32-,35-33-,40-38-,41-39-,53-51-. The summed E-state index contributed by atoms with van der Waals surface area (Å²) < 4.78 is 34.4. The zero-order valence-electron chi connectivity index (χ0n) is 65.3. The van der Waals surface area contributed by atoms with Crippen LogP contribution in [0.2, 0.25) is 0 Å². The molecule has 0 fully saturated rings. The van der Waals surface area contributed by atoms with Crippen LogP contribution in [-0.4, -0.2) is 70.0 Å². The summed E-state index contributed by atoms with van der Waals surface area (Å²) in [5.74, 6) is -0.827. The van der Waals surface area contributed by atoms with E-state index < -0.39 is 26.5 Å². The average molecular weight is 1410 g/mol. The highest BCUT2D eigenvalue weighted by Gasteiger charge is 2.22. The number of quaternary nitrogens is 1. The highest BCUT2D eigenvalue weighted by atomic mass is 31.2. The van der Waals surface area contributed by atoms with Gasteiger partial charge in [0, 0.05) is 12.8 Å². The molecule has 0 radical (unpaired) electrons. The van der Waals surface area contributed by atoms with Crippen LogP contribution in [0.15, 0.2) is 158 Å². The molecule has 572 valence electrons. The van der Waals surface area contributed by atoms with Gasteiger partial charge in [-0.2, -0.15) is 0 Å². The number of unbranched alkanes of at least 4 members (excludes halogenated alkanes) is 35. The van der Waals surface area contributed by atoms with Crippen molar-refractivity contribution in [2.75, 3.05) is 47.5 Å². The molecule has 0 aliphatic carbocycles. The van der Waals surface area contributed by atoms with Crippen LogP contribution in [0.1, 0.15) is 348 Å². The fourth-order valence-corrected chi connectivity index (χ4v) is 12.1. The van der Waals surface area contributed by atoms with Crippen molar-refractivity contribution in [2.45, 2.75) is 354 Å². The first kappa shape index (κ1) is 95.6. The van der Waals surface area contributed by atoms with Crippen LogP contribution in [0.5, 0.6) is 0 Å². The van der Waals surface area contributed by atoms with Crippen molar-refractivity contribution in [2.24, 2.45) is 0 Å². The molecule has 100 heavy (non-hydrogen) atoms. The van der Waals surface area contributed by atoms with Gasteiger partial charge in [-0.25, -0.2) is 0 Å². The number of hydrogen-bond donors (Lipinski definition) is 0. The van der Waals surface area contributed by atoms with Crippen molar-refractivity contribution >= 4 is 19.8 Å². The van der Waals surface area contributed by atoms with Gasteiger partial charge in [-0.3, -0.25) is 14.2 Å². The number of likely N-dealkylation sites (N-methyl/N-ethyl adjacent to an activating group) is 1. The van der Waals surface area contributed by atoms with E-state index in [2.05, 4.69) is 172 Å². The third-order valence-electron chi connectivity index (χ3n) is 17.5. The number of phosphoric acid groups is 1. The quantitative estimate of drug-likeness (QED) is 0.0195. The number of ether oxygens (including phenoxy) is 2. The van der Waals surface area contributed by atoms with Gasteiger partial charge in [0.15, 0.2) is 6.10 Å². The second-order valence-corrected chi connectivity index (χ2v) is 29.8. The highest BCUT2D eigenvalue weighted by Crippen LogP contribution is 2.38. The lowest BCUT2D eigenvalue weighted by Gasteiger charge is -2.28. The maximum absolute atomic E-state index is 12.9. The van der Waals surface area contributed by atoms with E-state index in [0.29, 0.717) is 17.4 Å². The third kappa shape index (κ3) is 82.6. The number of nitrogens with zero attached hydrogens (tertiary/aromatic N) is 1. The van der Waals surface area contributed by atoms with Crippen LogP contribution in [-0.2, 0) is 32.7 Å². The van der Waals surface area contributed by atoms with Gasteiger partial charge >= 0.3 is 11.9 Å². The first-order chi connectivity index (χ1) is 49.0. The number of rotatable bonds is 75. The second-order valence-electron chi connectivity index (χ2n) is 28.4. The van der Waals surface area contributed by atoms with Crippen LogP contribution >= 0.6 is 7.82 Å². The number of carbonyl (C=O) groups is 2. The highest BCUT2D eigenvalue weighted by molar-refractivity contribution is 7.45. The van der Waals surface area contributed by atoms with Crippen LogP contribution in [0, 0.1) is 0 Å². The zero-order chi connectivity index (χ0) is 72.5. The predicted octanol–water partition coefficient (Wildman–Crippen LogP) is 27.2. The van der Waals surface area contributed by atoms with Crippen molar-refractivity contribution in [1.82, 2.24) is 0 Å². The molecule has 0 bridgehead atoms. The van der Waals surface area contributed by atoms with Gasteiger partial charge < -0.3 is 27.9 Å². The van der Waals surface area contributed by atoms with Crippen molar-refractivity contribution in [3.8, 4) is 0 Å². The summed E-state index contributed by atoms with van der Waals surface area (Å²) in [7, 11) is 1.17. The number of phosphoric ester groups is 1. The minimum atomic E-state index is -4.65. The third-order valence-corrected chi connectivity index (χ3v) is 18.5. The van der Waals surface area contributed by atoms with Crippen LogP contribution in [0.4, 0.5) is 0 Å². The molecule has 0 heterocycles. The summed E-state index contributed by atoms with van der Waals surface area (Å²) >= 11 is 0. The minimum Gasteiger partial charge on any atom is -0.756 e. The Kier molecular flexibility index (Phi) is 75.3. The average Bonchev–Trinajstić information content (AvgIpc) is 1.65. The molecule has 0 amide bonds. The van der Waals surface area contributed by atoms with E-state index in [9.17, 15) is 19.0 Å². The Balaban J connectivity index is 3.96. The van der Waals surface area contributed by atoms with Gasteiger partial charge in [0.25, 0.3) is 7.82 Å². The molecule has 2 atom stereocenters. The number of esters is 2. The summed E-state index contributed by atoms with van der Waals surface area (Å²) in [5, 5.41) is 0. The maximum atomic E-state index is 12.9. The van der Waals surface area contributed by atoms with Crippen LogP contribution in [0.3, 0.4) is 0 Å². The maximum Gasteiger partial charge on any atom is 0.306 e. The van der Waals surface area contributed by atoms with Gasteiger partial charge in [0.05, 0.1) is 27.7 Å². The van der Waals surface area contributed by atoms with E-state index >= 15 is 0 Å². The van der Waals surface area contributed by atoms with Crippen molar-refractivity contribution in [1.29, 1.82) is 0 Å². The largest absolute Gasteiger partial charge is 0.756 e. The van der Waals surface area contributed by atoms with E-state index in [0.717, 1.165) is 122 Å². The topological polar surface area (TPSA) is 111 Å². The Labute approximate surface area is 617 Å². The fraction of sp³-hybridized carbons (Fsp3) is 0.689. The Bertz CT molecular complexity index is 2250. The summed E-state index contributed by atoms with van der Waals surface area (Å²) in [6.07, 6.45) is 118. The van der Waals surface area contributed by atoms with E-state index in [4.69, 9.17) is 18.5 Å². The smallest absolute Gasteiger partial charge is 0.306 e. The molecule has 0 saturated carbocycles. The molecule has 0 aliphatic heterocycles. The van der Waals surface area contributed by atoms with Crippen molar-refractivity contribution in [3.63, 3.8) is 0 Å². The van der Waals surface area contributed by atoms with Gasteiger partial charge in [-0.15, -0.1) is 0 Å². The first-order valence-electron chi connectivity index (χ1n) is 41.2. The van der Waals surface area contributed by atoms with Crippen molar-refractivity contribution in [3.05, 3.63) is 158 Å². The fourth-order valence-electron chi connectivity index (χ4n) is 11.4. The van der Waals surface area contributed by atoms with Crippen LogP contribution in [0.25, 0.3) is 0 Å². The summed E-state index contributed by atoms with van der Waals surface area (Å²) in [6.45, 7) is 4.04. The number of hydrogen-bond acceptors (Lipinski definition) is 8. The summed E-state index contributed by atoms with van der Waals surface area (Å²) in [6, 6.07) is 0. The molecule has 10 heteroatoms. The molecule has 0 aromatic rings. The zero-order valence-corrected chi connectivity index (χ0v) is 66.2. The molecule has 0 N–H and O–H groups in total. The van der Waals surface area contributed by atoms with Gasteiger partial charge in [-0.1, -0.05) is 371 Å². The van der Waals surface area contributed by atoms with E-state index in [1.54, 1.807) is 0 Å².